The summed E-state index contributed by atoms with van der Waals surface area (Å²) >= 11 is 2.59. The average Bonchev–Trinajstić information content (AvgIpc) is 3.17. The van der Waals surface area contributed by atoms with Gasteiger partial charge in [-0.3, -0.25) is 14.1 Å². The molecule has 0 atom stereocenters. The van der Waals surface area contributed by atoms with E-state index >= 15 is 0 Å². The number of nitrogens with one attached hydrogen (secondary N) is 2. The van der Waals surface area contributed by atoms with Crippen LogP contribution in [0.3, 0.4) is 0 Å². The molecule has 0 aliphatic rings. The highest BCUT2D eigenvalue weighted by atomic mass is 32.2. The Bertz CT molecular complexity index is 1330. The second kappa shape index (κ2) is 12.1. The van der Waals surface area contributed by atoms with Crippen molar-refractivity contribution in [2.75, 3.05) is 16.8 Å². The van der Waals surface area contributed by atoms with Crippen molar-refractivity contribution in [3.63, 3.8) is 0 Å². The second-order valence-corrected chi connectivity index (χ2v) is 11.3. The first kappa shape index (κ1) is 26.6. The zero-order valence-electron chi connectivity index (χ0n) is 19.1. The number of carbonyl (C=O) groups is 2. The molecule has 8 nitrogen and oxygen atoms in total. The Morgan fingerprint density at radius 2 is 1.86 bits per heavy atom. The Morgan fingerprint density at radius 3 is 2.57 bits per heavy atom. The van der Waals surface area contributed by atoms with Crippen molar-refractivity contribution in [2.45, 2.75) is 19.6 Å². The van der Waals surface area contributed by atoms with Crippen LogP contribution in [0.25, 0.3) is 0 Å². The predicted molar refractivity (Wildman–Crippen MR) is 142 cm³/mol. The molecule has 1 aromatic heterocycles. The first-order chi connectivity index (χ1) is 16.6. The van der Waals surface area contributed by atoms with Crippen molar-refractivity contribution in [3.8, 4) is 0 Å². The zero-order valence-corrected chi connectivity index (χ0v) is 21.6. The lowest BCUT2D eigenvalue weighted by atomic mass is 10.1. The van der Waals surface area contributed by atoms with Crippen molar-refractivity contribution in [2.24, 2.45) is 5.10 Å². The Hall–Kier alpha value is -2.99. The maximum Gasteiger partial charge on any atom is 0.274 e. The van der Waals surface area contributed by atoms with Gasteiger partial charge in [-0.05, 0) is 48.1 Å². The Morgan fingerprint density at radius 1 is 1.11 bits per heavy atom. The van der Waals surface area contributed by atoms with Gasteiger partial charge in [0.1, 0.15) is 5.00 Å². The summed E-state index contributed by atoms with van der Waals surface area (Å²) in [5, 5.41) is 9.03. The van der Waals surface area contributed by atoms with Crippen LogP contribution in [0.15, 0.2) is 59.0 Å². The van der Waals surface area contributed by atoms with Gasteiger partial charge in [0.15, 0.2) is 0 Å². The number of thioether (sulfide) groups is 1. The molecule has 0 bridgehead atoms. The van der Waals surface area contributed by atoms with Crippen LogP contribution < -0.4 is 10.7 Å². The Balaban J connectivity index is 1.63. The van der Waals surface area contributed by atoms with Crippen molar-refractivity contribution in [3.05, 3.63) is 87.3 Å². The van der Waals surface area contributed by atoms with Crippen LogP contribution in [0, 0.1) is 13.8 Å². The molecule has 0 saturated heterocycles. The van der Waals surface area contributed by atoms with Crippen LogP contribution in [0.5, 0.6) is 0 Å². The maximum absolute atomic E-state index is 12.9. The molecule has 1 heterocycles. The van der Waals surface area contributed by atoms with Gasteiger partial charge in [-0.1, -0.05) is 42.0 Å². The molecule has 3 aromatic rings. The highest BCUT2D eigenvalue weighted by Gasteiger charge is 2.19. The summed E-state index contributed by atoms with van der Waals surface area (Å²) in [5.41, 5.74) is 6.80. The molecule has 0 radical (unpaired) electrons. The van der Waals surface area contributed by atoms with E-state index in [2.05, 4.69) is 15.8 Å². The molecule has 3 rings (SSSR count). The third-order valence-corrected chi connectivity index (χ3v) is 7.85. The van der Waals surface area contributed by atoms with Crippen molar-refractivity contribution >= 4 is 56.2 Å². The first-order valence-electron chi connectivity index (χ1n) is 10.5. The summed E-state index contributed by atoms with van der Waals surface area (Å²) in [5.74, 6) is -0.383. The van der Waals surface area contributed by atoms with Gasteiger partial charge in [0.05, 0.1) is 17.5 Å². The number of benzene rings is 2. The number of amides is 2. The van der Waals surface area contributed by atoms with Crippen LogP contribution in [0.2, 0.25) is 0 Å². The van der Waals surface area contributed by atoms with E-state index < -0.39 is 16.0 Å². The monoisotopic (exact) mass is 531 g/mol. The number of aryl methyl sites for hydroxylation is 2. The van der Waals surface area contributed by atoms with Gasteiger partial charge in [0, 0.05) is 17.1 Å². The standard InChI is InChI=1S/C24H25N3O5S3/c1-16-6-8-18(9-7-16)13-25-27-23(29)21-17(2)14-34-24(21)26-22(28)20-5-3-4-19(12-20)15-33-10-11-35(30,31)32/h3-9,12-14H,10-11,15H2,1-2H3,(H,26,28)(H,27,29)(H,30,31,32). The predicted octanol–water partition coefficient (Wildman–Crippen LogP) is 4.50. The van der Waals surface area contributed by atoms with Gasteiger partial charge in [0.25, 0.3) is 21.9 Å². The van der Waals surface area contributed by atoms with Crippen molar-refractivity contribution in [1.82, 2.24) is 5.43 Å². The summed E-state index contributed by atoms with van der Waals surface area (Å²) in [6.45, 7) is 3.77. The third-order valence-electron chi connectivity index (χ3n) is 4.83. The summed E-state index contributed by atoms with van der Waals surface area (Å²) < 4.78 is 30.5. The molecule has 3 N–H and O–H groups in total. The minimum atomic E-state index is -3.99. The second-order valence-electron chi connectivity index (χ2n) is 7.73. The molecule has 11 heteroatoms. The summed E-state index contributed by atoms with van der Waals surface area (Å²) in [7, 11) is -3.99. The van der Waals surface area contributed by atoms with Gasteiger partial charge >= 0.3 is 0 Å². The number of anilines is 1. The normalized spacial score (nSPS) is 11.5. The molecule has 35 heavy (non-hydrogen) atoms. The van der Waals surface area contributed by atoms with E-state index in [9.17, 15) is 18.0 Å². The smallest absolute Gasteiger partial charge is 0.274 e. The molecule has 0 spiro atoms. The molecule has 0 unspecified atom stereocenters. The number of hydrazone groups is 1. The van der Waals surface area contributed by atoms with Gasteiger partial charge in [0.2, 0.25) is 0 Å². The van der Waals surface area contributed by atoms with E-state index in [1.54, 1.807) is 36.7 Å². The van der Waals surface area contributed by atoms with E-state index in [-0.39, 0.29) is 17.4 Å². The number of hydrogen-bond acceptors (Lipinski definition) is 7. The van der Waals surface area contributed by atoms with E-state index in [1.807, 2.05) is 37.3 Å². The summed E-state index contributed by atoms with van der Waals surface area (Å²) in [6.07, 6.45) is 1.55. The lowest BCUT2D eigenvalue weighted by Crippen LogP contribution is -2.21. The zero-order chi connectivity index (χ0) is 25.4. The molecular formula is C24H25N3O5S3. The number of hydrogen-bond donors (Lipinski definition) is 3. The van der Waals surface area contributed by atoms with E-state index in [1.165, 1.54) is 23.1 Å². The van der Waals surface area contributed by atoms with Crippen LogP contribution in [-0.4, -0.2) is 42.5 Å². The fourth-order valence-electron chi connectivity index (χ4n) is 3.02. The van der Waals surface area contributed by atoms with Crippen LogP contribution >= 0.6 is 23.1 Å². The van der Waals surface area contributed by atoms with Crippen LogP contribution in [0.4, 0.5) is 5.00 Å². The molecule has 0 fully saturated rings. The van der Waals surface area contributed by atoms with E-state index in [0.29, 0.717) is 21.9 Å². The number of nitrogens with zero attached hydrogens (tertiary/aromatic N) is 1. The van der Waals surface area contributed by atoms with Gasteiger partial charge in [-0.2, -0.15) is 25.3 Å². The Kier molecular flexibility index (Phi) is 9.21. The van der Waals surface area contributed by atoms with Gasteiger partial charge in [-0.15, -0.1) is 11.3 Å². The molecule has 0 aliphatic carbocycles. The largest absolute Gasteiger partial charge is 0.313 e. The van der Waals surface area contributed by atoms with Crippen LogP contribution in [-0.2, 0) is 15.9 Å². The number of thiophene rings is 1. The third kappa shape index (κ3) is 8.32. The quantitative estimate of drug-likeness (QED) is 0.153. The van der Waals surface area contributed by atoms with Gasteiger partial charge in [-0.25, -0.2) is 5.43 Å². The average molecular weight is 532 g/mol. The minimum absolute atomic E-state index is 0.245. The minimum Gasteiger partial charge on any atom is -0.313 e. The van der Waals surface area contributed by atoms with Gasteiger partial charge < -0.3 is 5.32 Å². The number of rotatable bonds is 10. The molecular weight excluding hydrogens is 506 g/mol. The molecule has 2 amide bonds. The Labute approximate surface area is 212 Å². The van der Waals surface area contributed by atoms with Crippen LogP contribution in [0.1, 0.15) is 43.0 Å². The lowest BCUT2D eigenvalue weighted by molar-refractivity contribution is 0.0956. The summed E-state index contributed by atoms with van der Waals surface area (Å²) in [4.78, 5) is 25.6. The SMILES string of the molecule is Cc1ccc(C=NNC(=O)c2c(C)csc2NC(=O)c2cccc(CSCCS(=O)(=O)O)c2)cc1. The molecule has 0 saturated carbocycles. The van der Waals surface area contributed by atoms with Crippen molar-refractivity contribution < 1.29 is 22.6 Å². The van der Waals surface area contributed by atoms with E-state index in [4.69, 9.17) is 4.55 Å². The molecule has 2 aromatic carbocycles. The maximum atomic E-state index is 12.9. The fourth-order valence-corrected chi connectivity index (χ4v) is 5.83. The van der Waals surface area contributed by atoms with Crippen molar-refractivity contribution in [1.29, 1.82) is 0 Å². The summed E-state index contributed by atoms with van der Waals surface area (Å²) in [6, 6.07) is 14.6. The first-order valence-corrected chi connectivity index (χ1v) is 14.2. The number of carbonyl (C=O) groups excluding carboxylic acids is 2. The molecule has 184 valence electrons. The van der Waals surface area contributed by atoms with E-state index in [0.717, 1.165) is 22.3 Å². The highest BCUT2D eigenvalue weighted by Crippen LogP contribution is 2.28. The topological polar surface area (TPSA) is 125 Å². The highest BCUT2D eigenvalue weighted by molar-refractivity contribution is 7.99. The fraction of sp³-hybridized carbons (Fsp3) is 0.208. The molecule has 0 aliphatic heterocycles. The lowest BCUT2D eigenvalue weighted by Gasteiger charge is -2.08.